The van der Waals surface area contributed by atoms with Gasteiger partial charge in [-0.25, -0.2) is 4.98 Å². The Hall–Kier alpha value is -2.55. The van der Waals surface area contributed by atoms with Crippen LogP contribution in [0.25, 0.3) is 10.9 Å². The molecule has 3 aromatic rings. The number of benzene rings is 2. The zero-order chi connectivity index (χ0) is 13.1. The van der Waals surface area contributed by atoms with Crippen LogP contribution in [0, 0.1) is 0 Å². The van der Waals surface area contributed by atoms with Crippen molar-refractivity contribution in [3.8, 4) is 0 Å². The summed E-state index contributed by atoms with van der Waals surface area (Å²) in [6.45, 7) is 0. The van der Waals surface area contributed by atoms with Crippen LogP contribution >= 0.6 is 0 Å². The van der Waals surface area contributed by atoms with Crippen LogP contribution in [0.2, 0.25) is 0 Å². The molecule has 0 bridgehead atoms. The van der Waals surface area contributed by atoms with E-state index >= 15 is 0 Å². The monoisotopic (exact) mass is 248 g/mol. The molecule has 19 heavy (non-hydrogen) atoms. The van der Waals surface area contributed by atoms with Crippen molar-refractivity contribution >= 4 is 10.9 Å². The molecule has 0 aliphatic rings. The lowest BCUT2D eigenvalue weighted by Gasteiger charge is -1.96. The summed E-state index contributed by atoms with van der Waals surface area (Å²) in [7, 11) is 0. The zero-order valence-corrected chi connectivity index (χ0v) is 10.3. The quantitative estimate of drug-likeness (QED) is 0.700. The van der Waals surface area contributed by atoms with Crippen molar-refractivity contribution < 1.29 is 0 Å². The molecular weight excluding hydrogens is 236 g/mol. The second kappa shape index (κ2) is 4.98. The van der Waals surface area contributed by atoms with E-state index in [1.165, 1.54) is 0 Å². The van der Waals surface area contributed by atoms with E-state index in [9.17, 15) is 4.79 Å². The molecule has 1 heterocycles. The highest BCUT2D eigenvalue weighted by atomic mass is 16.1. The number of nitrogens with zero attached hydrogens (tertiary/aromatic N) is 2. The van der Waals surface area contributed by atoms with Gasteiger partial charge in [-0.05, 0) is 17.7 Å². The maximum atomic E-state index is 12.0. The second-order valence-electron chi connectivity index (χ2n) is 4.35. The first-order valence-corrected chi connectivity index (χ1v) is 6.12. The van der Waals surface area contributed by atoms with Gasteiger partial charge in [0.25, 0.3) is 5.56 Å². The Kier molecular flexibility index (Phi) is 3.02. The number of para-hydroxylation sites is 1. The van der Waals surface area contributed by atoms with Gasteiger partial charge in [0.2, 0.25) is 0 Å². The molecule has 0 unspecified atom stereocenters. The molecule has 92 valence electrons. The summed E-state index contributed by atoms with van der Waals surface area (Å²) in [5.41, 5.74) is 2.26. The molecule has 0 spiro atoms. The molecule has 1 aromatic heterocycles. The van der Waals surface area contributed by atoms with Crippen molar-refractivity contribution in [3.63, 3.8) is 0 Å². The Labute approximate surface area is 110 Å². The highest BCUT2D eigenvalue weighted by molar-refractivity contribution is 5.76. The fourth-order valence-corrected chi connectivity index (χ4v) is 2.02. The van der Waals surface area contributed by atoms with Crippen LogP contribution < -0.4 is 5.56 Å². The maximum absolute atomic E-state index is 12.0. The first-order chi connectivity index (χ1) is 9.33. The summed E-state index contributed by atoms with van der Waals surface area (Å²) < 4.78 is 0. The average molecular weight is 248 g/mol. The van der Waals surface area contributed by atoms with E-state index in [0.29, 0.717) is 23.0 Å². The van der Waals surface area contributed by atoms with Crippen LogP contribution in [0.5, 0.6) is 0 Å². The van der Waals surface area contributed by atoms with Gasteiger partial charge in [-0.1, -0.05) is 42.5 Å². The fourth-order valence-electron chi connectivity index (χ4n) is 2.02. The van der Waals surface area contributed by atoms with Crippen molar-refractivity contribution in [3.05, 3.63) is 82.4 Å². The van der Waals surface area contributed by atoms with Gasteiger partial charge in [0, 0.05) is 12.6 Å². The third kappa shape index (κ3) is 2.50. The van der Waals surface area contributed by atoms with Crippen molar-refractivity contribution in [2.45, 2.75) is 6.42 Å². The van der Waals surface area contributed by atoms with E-state index in [-0.39, 0.29) is 5.56 Å². The zero-order valence-electron chi connectivity index (χ0n) is 10.3. The number of aromatic nitrogens is 2. The maximum Gasteiger partial charge on any atom is 0.279 e. The molecule has 0 saturated carbocycles. The predicted octanol–water partition coefficient (Wildman–Crippen LogP) is 2.58. The molecule has 0 saturated heterocycles. The third-order valence-electron chi connectivity index (χ3n) is 2.96. The molecule has 3 nitrogen and oxygen atoms in total. The van der Waals surface area contributed by atoms with Gasteiger partial charge in [-0.15, -0.1) is 0 Å². The van der Waals surface area contributed by atoms with Crippen LogP contribution in [0.15, 0.2) is 65.6 Å². The van der Waals surface area contributed by atoms with Gasteiger partial charge in [0.15, 0.2) is 0 Å². The molecular formula is C16H12N2O. The van der Waals surface area contributed by atoms with Crippen LogP contribution in [0.1, 0.15) is 11.3 Å². The summed E-state index contributed by atoms with van der Waals surface area (Å²) >= 11 is 0. The Morgan fingerprint density at radius 2 is 1.63 bits per heavy atom. The lowest BCUT2D eigenvalue weighted by Crippen LogP contribution is -2.05. The predicted molar refractivity (Wildman–Crippen MR) is 75.1 cm³/mol. The minimum Gasteiger partial charge on any atom is -0.267 e. The Balaban J connectivity index is 2.09. The van der Waals surface area contributed by atoms with E-state index < -0.39 is 0 Å². The molecule has 0 N–H and O–H groups in total. The molecule has 0 aliphatic heterocycles. The van der Waals surface area contributed by atoms with Crippen LogP contribution in [-0.2, 0) is 6.42 Å². The molecule has 0 radical (unpaired) electrons. The fraction of sp³-hybridized carbons (Fsp3) is 0.0625. The van der Waals surface area contributed by atoms with Crippen LogP contribution in [-0.4, -0.2) is 9.97 Å². The molecule has 0 atom stereocenters. The summed E-state index contributed by atoms with van der Waals surface area (Å²) in [5, 5.41) is 0.557. The standard InChI is InChI=1S/C16H12N2O/c19-16-14-8-4-5-9-15(14)17-11-13(18-16)10-12-6-2-1-3-7-12/h1-9,11H,10H2. The van der Waals surface area contributed by atoms with E-state index in [4.69, 9.17) is 0 Å². The van der Waals surface area contributed by atoms with Crippen molar-refractivity contribution in [1.29, 1.82) is 0 Å². The summed E-state index contributed by atoms with van der Waals surface area (Å²) in [4.78, 5) is 20.5. The number of hydrogen-bond acceptors (Lipinski definition) is 3. The molecule has 3 heteroatoms. The lowest BCUT2D eigenvalue weighted by molar-refractivity contribution is 1.05. The smallest absolute Gasteiger partial charge is 0.267 e. The summed E-state index contributed by atoms with van der Waals surface area (Å²) in [5.74, 6) is 0. The second-order valence-corrected chi connectivity index (χ2v) is 4.35. The number of fused-ring (bicyclic) bond motifs is 1. The minimum absolute atomic E-state index is 0.223. The van der Waals surface area contributed by atoms with E-state index in [2.05, 4.69) is 9.97 Å². The molecule has 0 amide bonds. The van der Waals surface area contributed by atoms with E-state index in [0.717, 1.165) is 5.56 Å². The van der Waals surface area contributed by atoms with Gasteiger partial charge < -0.3 is 0 Å². The first kappa shape index (κ1) is 11.5. The third-order valence-corrected chi connectivity index (χ3v) is 2.96. The summed E-state index contributed by atoms with van der Waals surface area (Å²) in [6.07, 6.45) is 2.29. The first-order valence-electron chi connectivity index (χ1n) is 6.12. The lowest BCUT2D eigenvalue weighted by atomic mass is 10.1. The Morgan fingerprint density at radius 1 is 0.895 bits per heavy atom. The van der Waals surface area contributed by atoms with Gasteiger partial charge >= 0.3 is 0 Å². The SMILES string of the molecule is O=c1nc(Cc2ccccc2)cnc2ccccc12. The Bertz CT molecular complexity index is 770. The van der Waals surface area contributed by atoms with Crippen molar-refractivity contribution in [2.75, 3.05) is 0 Å². The van der Waals surface area contributed by atoms with Crippen molar-refractivity contribution in [2.24, 2.45) is 0 Å². The van der Waals surface area contributed by atoms with Gasteiger partial charge in [0.05, 0.1) is 16.6 Å². The minimum atomic E-state index is -0.223. The van der Waals surface area contributed by atoms with Gasteiger partial charge in [-0.3, -0.25) is 9.78 Å². The highest BCUT2D eigenvalue weighted by Crippen LogP contribution is 2.07. The van der Waals surface area contributed by atoms with E-state index in [1.54, 1.807) is 12.3 Å². The molecule has 2 aromatic carbocycles. The van der Waals surface area contributed by atoms with Gasteiger partial charge in [-0.2, -0.15) is 0 Å². The Morgan fingerprint density at radius 3 is 2.47 bits per heavy atom. The summed E-state index contributed by atoms with van der Waals surface area (Å²) in [6, 6.07) is 17.2. The normalized spacial score (nSPS) is 10.5. The van der Waals surface area contributed by atoms with Crippen LogP contribution in [0.4, 0.5) is 0 Å². The molecule has 0 aliphatic carbocycles. The van der Waals surface area contributed by atoms with Crippen molar-refractivity contribution in [1.82, 2.24) is 9.97 Å². The van der Waals surface area contributed by atoms with Crippen LogP contribution in [0.3, 0.4) is 0 Å². The topological polar surface area (TPSA) is 42.9 Å². The van der Waals surface area contributed by atoms with Gasteiger partial charge in [0.1, 0.15) is 0 Å². The number of rotatable bonds is 2. The average Bonchev–Trinajstić information content (AvgIpc) is 2.60. The largest absolute Gasteiger partial charge is 0.279 e. The molecule has 0 fully saturated rings. The highest BCUT2D eigenvalue weighted by Gasteiger charge is 2.01. The number of hydrogen-bond donors (Lipinski definition) is 0. The van der Waals surface area contributed by atoms with E-state index in [1.807, 2.05) is 48.5 Å². The molecule has 3 rings (SSSR count).